The lowest BCUT2D eigenvalue weighted by Crippen LogP contribution is -2.41. The molecular weight excluding hydrogens is 349 g/mol. The summed E-state index contributed by atoms with van der Waals surface area (Å²) in [5.41, 5.74) is 1.53. The van der Waals surface area contributed by atoms with Gasteiger partial charge in [0.1, 0.15) is 17.7 Å². The van der Waals surface area contributed by atoms with Gasteiger partial charge >= 0.3 is 0 Å². The van der Waals surface area contributed by atoms with Gasteiger partial charge in [-0.15, -0.1) is 0 Å². The number of benzene rings is 1. The number of hydrogen-bond acceptors (Lipinski definition) is 5. The van der Waals surface area contributed by atoms with E-state index < -0.39 is 0 Å². The molecule has 0 radical (unpaired) electrons. The standard InChI is InChI=1S/C20H22FN3O3/c21-17-4-1-15(2-5-17)18-14-24(9-12-27-18)19-6-3-16(13-22-19)20(25)23-7-10-26-11-8-23/h1-6,13,18H,7-12,14H2. The van der Waals surface area contributed by atoms with Gasteiger partial charge in [-0.3, -0.25) is 4.79 Å². The molecule has 2 aromatic rings. The van der Waals surface area contributed by atoms with Crippen LogP contribution in [0.1, 0.15) is 22.0 Å². The number of hydrogen-bond donors (Lipinski definition) is 0. The lowest BCUT2D eigenvalue weighted by atomic mass is 10.1. The molecule has 0 aliphatic carbocycles. The van der Waals surface area contributed by atoms with Crippen LogP contribution in [0.4, 0.5) is 10.2 Å². The fraction of sp³-hybridized carbons (Fsp3) is 0.400. The number of anilines is 1. The van der Waals surface area contributed by atoms with Gasteiger partial charge < -0.3 is 19.3 Å². The molecule has 1 atom stereocenters. The lowest BCUT2D eigenvalue weighted by Gasteiger charge is -2.34. The molecule has 1 aromatic carbocycles. The Morgan fingerprint density at radius 1 is 1.04 bits per heavy atom. The van der Waals surface area contributed by atoms with E-state index in [0.29, 0.717) is 45.0 Å². The quantitative estimate of drug-likeness (QED) is 0.829. The summed E-state index contributed by atoms with van der Waals surface area (Å²) in [7, 11) is 0. The highest BCUT2D eigenvalue weighted by molar-refractivity contribution is 5.94. The maximum absolute atomic E-state index is 13.1. The van der Waals surface area contributed by atoms with Crippen LogP contribution in [0.15, 0.2) is 42.6 Å². The number of aromatic nitrogens is 1. The molecule has 2 aliphatic heterocycles. The molecule has 2 fully saturated rings. The highest BCUT2D eigenvalue weighted by Gasteiger charge is 2.24. The minimum Gasteiger partial charge on any atom is -0.378 e. The fourth-order valence-corrected chi connectivity index (χ4v) is 3.39. The van der Waals surface area contributed by atoms with E-state index in [-0.39, 0.29) is 17.8 Å². The van der Waals surface area contributed by atoms with Crippen molar-refractivity contribution in [2.45, 2.75) is 6.10 Å². The SMILES string of the molecule is O=C(c1ccc(N2CCOC(c3ccc(F)cc3)C2)nc1)N1CCOCC1. The van der Waals surface area contributed by atoms with Crippen molar-refractivity contribution in [2.24, 2.45) is 0 Å². The molecule has 6 nitrogen and oxygen atoms in total. The summed E-state index contributed by atoms with van der Waals surface area (Å²) in [4.78, 5) is 20.9. The van der Waals surface area contributed by atoms with Crippen LogP contribution in [0.2, 0.25) is 0 Å². The van der Waals surface area contributed by atoms with Crippen molar-refractivity contribution in [1.82, 2.24) is 9.88 Å². The summed E-state index contributed by atoms with van der Waals surface area (Å²) < 4.78 is 24.3. The molecule has 1 unspecified atom stereocenters. The van der Waals surface area contributed by atoms with Crippen LogP contribution >= 0.6 is 0 Å². The number of ether oxygens (including phenoxy) is 2. The summed E-state index contributed by atoms with van der Waals surface area (Å²) in [6.45, 7) is 4.31. The van der Waals surface area contributed by atoms with Crippen LogP contribution in [-0.2, 0) is 9.47 Å². The van der Waals surface area contributed by atoms with E-state index in [1.165, 1.54) is 12.1 Å². The van der Waals surface area contributed by atoms with Gasteiger partial charge in [-0.25, -0.2) is 9.37 Å². The maximum atomic E-state index is 13.1. The summed E-state index contributed by atoms with van der Waals surface area (Å²) in [5, 5.41) is 0. The average Bonchev–Trinajstić information content (AvgIpc) is 2.75. The second-order valence-electron chi connectivity index (χ2n) is 6.67. The second-order valence-corrected chi connectivity index (χ2v) is 6.67. The van der Waals surface area contributed by atoms with E-state index in [2.05, 4.69) is 9.88 Å². The first-order chi connectivity index (χ1) is 13.2. The average molecular weight is 371 g/mol. The van der Waals surface area contributed by atoms with Crippen molar-refractivity contribution >= 4 is 11.7 Å². The first kappa shape index (κ1) is 17.9. The van der Waals surface area contributed by atoms with Crippen molar-refractivity contribution < 1.29 is 18.7 Å². The monoisotopic (exact) mass is 371 g/mol. The molecule has 0 saturated carbocycles. The predicted octanol–water partition coefficient (Wildman–Crippen LogP) is 2.27. The van der Waals surface area contributed by atoms with Crippen molar-refractivity contribution in [1.29, 1.82) is 0 Å². The summed E-state index contributed by atoms with van der Waals surface area (Å²) >= 11 is 0. The van der Waals surface area contributed by atoms with Crippen molar-refractivity contribution in [3.8, 4) is 0 Å². The van der Waals surface area contributed by atoms with E-state index in [9.17, 15) is 9.18 Å². The molecule has 0 N–H and O–H groups in total. The molecule has 7 heteroatoms. The number of amides is 1. The van der Waals surface area contributed by atoms with E-state index >= 15 is 0 Å². The van der Waals surface area contributed by atoms with Crippen molar-refractivity contribution in [3.63, 3.8) is 0 Å². The van der Waals surface area contributed by atoms with Gasteiger partial charge in [-0.05, 0) is 29.8 Å². The zero-order valence-electron chi connectivity index (χ0n) is 15.0. The second kappa shape index (κ2) is 8.02. The first-order valence-corrected chi connectivity index (χ1v) is 9.16. The topological polar surface area (TPSA) is 54.9 Å². The maximum Gasteiger partial charge on any atom is 0.255 e. The molecule has 0 bridgehead atoms. The Bertz CT molecular complexity index is 776. The summed E-state index contributed by atoms with van der Waals surface area (Å²) in [5.74, 6) is 0.543. The number of nitrogens with zero attached hydrogens (tertiary/aromatic N) is 3. The van der Waals surface area contributed by atoms with Crippen molar-refractivity contribution in [2.75, 3.05) is 50.9 Å². The molecule has 2 aliphatic rings. The minimum absolute atomic E-state index is 0.0106. The Labute approximate surface area is 157 Å². The van der Waals surface area contributed by atoms with Crippen LogP contribution < -0.4 is 4.90 Å². The highest BCUT2D eigenvalue weighted by Crippen LogP contribution is 2.25. The van der Waals surface area contributed by atoms with Crippen molar-refractivity contribution in [3.05, 3.63) is 59.5 Å². The van der Waals surface area contributed by atoms with E-state index in [4.69, 9.17) is 9.47 Å². The number of halogens is 1. The predicted molar refractivity (Wildman–Crippen MR) is 98.3 cm³/mol. The summed E-state index contributed by atoms with van der Waals surface area (Å²) in [6.07, 6.45) is 1.51. The van der Waals surface area contributed by atoms with Gasteiger partial charge in [-0.1, -0.05) is 12.1 Å². The molecule has 3 heterocycles. The van der Waals surface area contributed by atoms with Crippen LogP contribution in [0.3, 0.4) is 0 Å². The van der Waals surface area contributed by atoms with Gasteiger partial charge in [-0.2, -0.15) is 0 Å². The Morgan fingerprint density at radius 3 is 2.52 bits per heavy atom. The third kappa shape index (κ3) is 4.09. The minimum atomic E-state index is -0.256. The molecule has 0 spiro atoms. The van der Waals surface area contributed by atoms with E-state index in [1.54, 1.807) is 23.2 Å². The van der Waals surface area contributed by atoms with Gasteiger partial charge in [0.2, 0.25) is 0 Å². The zero-order chi connectivity index (χ0) is 18.6. The third-order valence-electron chi connectivity index (χ3n) is 4.93. The lowest BCUT2D eigenvalue weighted by molar-refractivity contribution is 0.0302. The third-order valence-corrected chi connectivity index (χ3v) is 4.93. The molecule has 1 amide bonds. The number of carbonyl (C=O) groups is 1. The van der Waals surface area contributed by atoms with E-state index in [0.717, 1.165) is 17.9 Å². The fourth-order valence-electron chi connectivity index (χ4n) is 3.39. The zero-order valence-corrected chi connectivity index (χ0v) is 15.0. The van der Waals surface area contributed by atoms with Crippen LogP contribution in [0.25, 0.3) is 0 Å². The Kier molecular flexibility index (Phi) is 5.31. The normalized spacial score (nSPS) is 20.6. The molecule has 142 valence electrons. The van der Waals surface area contributed by atoms with Crippen LogP contribution in [-0.4, -0.2) is 61.8 Å². The highest BCUT2D eigenvalue weighted by atomic mass is 19.1. The largest absolute Gasteiger partial charge is 0.378 e. The van der Waals surface area contributed by atoms with Crippen LogP contribution in [0, 0.1) is 5.82 Å². The first-order valence-electron chi connectivity index (χ1n) is 9.16. The van der Waals surface area contributed by atoms with Gasteiger partial charge in [0.15, 0.2) is 0 Å². The molecule has 1 aromatic heterocycles. The van der Waals surface area contributed by atoms with Gasteiger partial charge in [0, 0.05) is 32.4 Å². The van der Waals surface area contributed by atoms with Gasteiger partial charge in [0.25, 0.3) is 5.91 Å². The molecule has 2 saturated heterocycles. The molecule has 27 heavy (non-hydrogen) atoms. The Morgan fingerprint density at radius 2 is 1.81 bits per heavy atom. The Balaban J connectivity index is 1.43. The van der Waals surface area contributed by atoms with E-state index in [1.807, 2.05) is 12.1 Å². The van der Waals surface area contributed by atoms with Crippen LogP contribution in [0.5, 0.6) is 0 Å². The number of morpholine rings is 2. The number of pyridine rings is 1. The number of rotatable bonds is 3. The molecular formula is C20H22FN3O3. The molecule has 4 rings (SSSR count). The number of carbonyl (C=O) groups excluding carboxylic acids is 1. The smallest absolute Gasteiger partial charge is 0.255 e. The Hall–Kier alpha value is -2.51. The summed E-state index contributed by atoms with van der Waals surface area (Å²) in [6, 6.07) is 10.1. The van der Waals surface area contributed by atoms with Gasteiger partial charge in [0.05, 0.1) is 25.4 Å².